The molecule has 268 valence electrons. The van der Waals surface area contributed by atoms with Gasteiger partial charge >= 0.3 is 323 Å². The summed E-state index contributed by atoms with van der Waals surface area (Å²) in [5.41, 5.74) is 17.4. The van der Waals surface area contributed by atoms with Crippen LogP contribution in [0.4, 0.5) is 0 Å². The summed E-state index contributed by atoms with van der Waals surface area (Å²) < 4.78 is 7.16. The van der Waals surface area contributed by atoms with Gasteiger partial charge in [-0.25, -0.2) is 0 Å². The van der Waals surface area contributed by atoms with Crippen LogP contribution < -0.4 is 0 Å². The Hall–Kier alpha value is -2.55. The normalized spacial score (nSPS) is 23.5. The summed E-state index contributed by atoms with van der Waals surface area (Å²) >= 11 is -3.20. The maximum absolute atomic E-state index is 3.20. The van der Waals surface area contributed by atoms with E-state index in [1.807, 2.05) is 10.4 Å². The van der Waals surface area contributed by atoms with Crippen LogP contribution in [0.1, 0.15) is 134 Å². The van der Waals surface area contributed by atoms with Gasteiger partial charge in [-0.1, -0.05) is 0 Å². The number of allylic oxidation sites excluding steroid dienone is 2. The zero-order valence-electron chi connectivity index (χ0n) is 33.2. The second-order valence-corrected chi connectivity index (χ2v) is 41.8. The summed E-state index contributed by atoms with van der Waals surface area (Å²) in [5, 5.41) is 4.05. The molecule has 0 amide bonds. The Bertz CT molecular complexity index is 1970. The number of hydrogen-bond donors (Lipinski definition) is 0. The molecule has 52 heavy (non-hydrogen) atoms. The molecule has 0 spiro atoms. The molecule has 2 saturated carbocycles. The van der Waals surface area contributed by atoms with Crippen LogP contribution in [0.15, 0.2) is 95.3 Å². The number of benzene rings is 4. The Morgan fingerprint density at radius 1 is 0.519 bits per heavy atom. The molecule has 4 aromatic rings. The fourth-order valence-corrected chi connectivity index (χ4v) is 46.2. The molecule has 3 fully saturated rings. The maximum atomic E-state index is 2.91. The van der Waals surface area contributed by atoms with Crippen molar-refractivity contribution in [3.05, 3.63) is 129 Å². The van der Waals surface area contributed by atoms with E-state index in [1.54, 1.807) is 22.3 Å². The van der Waals surface area contributed by atoms with Gasteiger partial charge in [-0.2, -0.15) is 0 Å². The van der Waals surface area contributed by atoms with Crippen LogP contribution in [0.25, 0.3) is 34.4 Å². The molecule has 0 bridgehead atoms. The van der Waals surface area contributed by atoms with E-state index in [-0.39, 0.29) is 10.8 Å². The fraction of sp³-hybridized carbons (Fsp3) is 0.440. The van der Waals surface area contributed by atoms with Crippen molar-refractivity contribution in [3.8, 4) is 22.3 Å². The molecule has 9 rings (SSSR count). The fourth-order valence-electron chi connectivity index (χ4n) is 12.3. The van der Waals surface area contributed by atoms with Gasteiger partial charge in [-0.15, -0.1) is 0 Å². The predicted molar refractivity (Wildman–Crippen MR) is 225 cm³/mol. The van der Waals surface area contributed by atoms with E-state index in [2.05, 4.69) is 148 Å². The number of hydrogen-bond acceptors (Lipinski definition) is 0. The second-order valence-electron chi connectivity index (χ2n) is 20.0. The zero-order valence-corrected chi connectivity index (χ0v) is 37.8. The molecule has 2 unspecified atom stereocenters. The van der Waals surface area contributed by atoms with Crippen LogP contribution >= 0.6 is 0 Å². The van der Waals surface area contributed by atoms with Crippen molar-refractivity contribution in [1.82, 2.24) is 0 Å². The predicted octanol–water partition coefficient (Wildman–Crippen LogP) is 14.9. The standard InChI is InChI=1S/C48H54Si.2CH3.Hf/c1-47(2,3)37-19-11-15-33(27-37)43-25-13-17-35-29-41(31-45(35)43)49(39-21-7-8-22-39,40-23-9-10-24-40)42-30-36-18-14-26-44(46(36)32-42)34-16-12-20-38(28-34)48(4,5)6;;;/h11-20,25-32,39-40H,7-10,21-24H2,1-6H3;2*1H3;. The second kappa shape index (κ2) is 12.5. The van der Waals surface area contributed by atoms with Gasteiger partial charge < -0.3 is 0 Å². The van der Waals surface area contributed by atoms with Crippen LogP contribution in [0.3, 0.4) is 0 Å². The molecular formula is C50H60HfSi. The van der Waals surface area contributed by atoms with Crippen molar-refractivity contribution in [1.29, 1.82) is 0 Å². The van der Waals surface area contributed by atoms with E-state index in [0.29, 0.717) is 7.35 Å². The summed E-state index contributed by atoms with van der Waals surface area (Å²) in [6, 6.07) is 34.1. The molecular weight excluding hydrogens is 807 g/mol. The van der Waals surface area contributed by atoms with Crippen molar-refractivity contribution < 1.29 is 20.0 Å². The molecule has 2 heteroatoms. The molecule has 5 aliphatic rings. The van der Waals surface area contributed by atoms with Crippen molar-refractivity contribution in [2.45, 2.75) is 132 Å². The molecule has 0 N–H and O–H groups in total. The zero-order chi connectivity index (χ0) is 36.2. The van der Waals surface area contributed by atoms with E-state index in [9.17, 15) is 0 Å². The first-order valence-electron chi connectivity index (χ1n) is 20.7. The Labute approximate surface area is 320 Å². The van der Waals surface area contributed by atoms with Crippen molar-refractivity contribution in [3.63, 3.8) is 0 Å². The molecule has 4 aromatic carbocycles. The van der Waals surface area contributed by atoms with Crippen molar-refractivity contribution in [2.24, 2.45) is 0 Å². The topological polar surface area (TPSA) is 0 Å². The quantitative estimate of drug-likeness (QED) is 0.179. The molecule has 0 radical (unpaired) electrons. The third kappa shape index (κ3) is 5.26. The first-order valence-corrected chi connectivity index (χ1v) is 34.2. The molecule has 4 aliphatic carbocycles. The van der Waals surface area contributed by atoms with Gasteiger partial charge in [0.1, 0.15) is 0 Å². The molecule has 1 heterocycles. The van der Waals surface area contributed by atoms with Crippen molar-refractivity contribution in [2.75, 3.05) is 0 Å². The first-order chi connectivity index (χ1) is 24.8. The summed E-state index contributed by atoms with van der Waals surface area (Å²) in [7, 11) is -2.11. The summed E-state index contributed by atoms with van der Waals surface area (Å²) in [6.07, 6.45) is 17.4. The summed E-state index contributed by atoms with van der Waals surface area (Å²) in [5.74, 6) is 0. The molecule has 1 aliphatic heterocycles. The monoisotopic (exact) mass is 868 g/mol. The van der Waals surface area contributed by atoms with E-state index < -0.39 is 28.0 Å². The van der Waals surface area contributed by atoms with Crippen LogP contribution in [-0.4, -0.2) is 8.07 Å². The Morgan fingerprint density at radius 2 is 0.904 bits per heavy atom. The Kier molecular flexibility index (Phi) is 8.45. The third-order valence-corrected chi connectivity index (χ3v) is 38.4. The van der Waals surface area contributed by atoms with Crippen LogP contribution in [-0.2, 0) is 30.8 Å². The molecule has 1 saturated heterocycles. The Balaban J connectivity index is 1.30. The van der Waals surface area contributed by atoms with Gasteiger partial charge in [-0.3, -0.25) is 0 Å². The summed E-state index contributed by atoms with van der Waals surface area (Å²) in [6.45, 7) is 14.1. The Morgan fingerprint density at radius 3 is 1.29 bits per heavy atom. The van der Waals surface area contributed by atoms with Crippen molar-refractivity contribution >= 4 is 20.2 Å². The van der Waals surface area contributed by atoms with Gasteiger partial charge in [-0.05, 0) is 0 Å². The minimum absolute atomic E-state index is 0.136. The van der Waals surface area contributed by atoms with Gasteiger partial charge in [0.2, 0.25) is 0 Å². The first kappa shape index (κ1) is 35.2. The van der Waals surface area contributed by atoms with Crippen LogP contribution in [0.5, 0.6) is 0 Å². The van der Waals surface area contributed by atoms with Gasteiger partial charge in [0.05, 0.1) is 0 Å². The minimum atomic E-state index is -3.20. The number of fused-ring (bicyclic) bond motifs is 6. The van der Waals surface area contributed by atoms with E-state index in [4.69, 9.17) is 0 Å². The third-order valence-electron chi connectivity index (χ3n) is 14.6. The summed E-state index contributed by atoms with van der Waals surface area (Å²) in [4.78, 5) is 0. The van der Waals surface area contributed by atoms with Gasteiger partial charge in [0, 0.05) is 0 Å². The van der Waals surface area contributed by atoms with E-state index >= 15 is 0 Å². The molecule has 0 aromatic heterocycles. The average Bonchev–Trinajstić information content (AvgIpc) is 3.94. The average molecular weight is 868 g/mol. The molecule has 0 nitrogen and oxygen atoms in total. The van der Waals surface area contributed by atoms with Crippen LogP contribution in [0, 0.1) is 0 Å². The van der Waals surface area contributed by atoms with Gasteiger partial charge in [0.15, 0.2) is 0 Å². The SMILES string of the molecule is CC(C)(C)c1cccc(-c2cccc3c2C=C2[CH]3[Hf]([CH3])([CH3])[CH]3C(=Cc4c(-c5cccc(C(C)(C)C)c5)cccc43)[Si]2(C2CCCC2)C2CCCC2)c1. The molecule has 2 atom stereocenters. The van der Waals surface area contributed by atoms with E-state index in [0.717, 1.165) is 11.1 Å². The van der Waals surface area contributed by atoms with Gasteiger partial charge in [0.25, 0.3) is 0 Å². The van der Waals surface area contributed by atoms with Crippen LogP contribution in [0.2, 0.25) is 20.4 Å². The van der Waals surface area contributed by atoms with E-state index in [1.165, 1.54) is 84.7 Å². The number of rotatable bonds is 4.